The van der Waals surface area contributed by atoms with Crippen molar-refractivity contribution in [2.75, 3.05) is 33.7 Å². The van der Waals surface area contributed by atoms with Crippen LogP contribution in [-0.4, -0.2) is 50.5 Å². The molecule has 5 nitrogen and oxygen atoms in total. The molecule has 0 heterocycles. The number of carbonyl (C=O) groups excluding carboxylic acids is 1. The van der Waals surface area contributed by atoms with E-state index in [-0.39, 0.29) is 12.5 Å². The van der Waals surface area contributed by atoms with Crippen molar-refractivity contribution in [2.24, 2.45) is 10.4 Å². The number of carbonyl (C=O) groups is 1. The van der Waals surface area contributed by atoms with Crippen molar-refractivity contribution in [1.29, 1.82) is 0 Å². The summed E-state index contributed by atoms with van der Waals surface area (Å²) >= 11 is 0. The summed E-state index contributed by atoms with van der Waals surface area (Å²) in [5.41, 5.74) is 1.72. The summed E-state index contributed by atoms with van der Waals surface area (Å²) in [6, 6.07) is 10.6. The van der Waals surface area contributed by atoms with Crippen LogP contribution in [0, 0.1) is 5.41 Å². The van der Waals surface area contributed by atoms with E-state index in [9.17, 15) is 4.79 Å². The van der Waals surface area contributed by atoms with Crippen molar-refractivity contribution in [3.63, 3.8) is 0 Å². The number of amides is 1. The molecule has 2 N–H and O–H groups in total. The van der Waals surface area contributed by atoms with Gasteiger partial charge in [-0.15, -0.1) is 0 Å². The Balaban J connectivity index is 1.88. The average Bonchev–Trinajstić information content (AvgIpc) is 3.30. The van der Waals surface area contributed by atoms with Gasteiger partial charge in [0.2, 0.25) is 5.91 Å². The Morgan fingerprint density at radius 1 is 1.22 bits per heavy atom. The number of nitrogens with zero attached hydrogens (tertiary/aromatic N) is 2. The van der Waals surface area contributed by atoms with Crippen LogP contribution in [0.1, 0.15) is 25.3 Å². The van der Waals surface area contributed by atoms with Gasteiger partial charge >= 0.3 is 0 Å². The van der Waals surface area contributed by atoms with Crippen LogP contribution < -0.4 is 10.6 Å². The maximum Gasteiger partial charge on any atom is 0.243 e. The van der Waals surface area contributed by atoms with E-state index in [4.69, 9.17) is 0 Å². The number of rotatable bonds is 7. The fraction of sp³-hybridized carbons (Fsp3) is 0.556. The summed E-state index contributed by atoms with van der Waals surface area (Å²) in [4.78, 5) is 17.6. The number of likely N-dealkylation sites (N-methyl/N-ethyl adjacent to an activating group) is 1. The molecule has 0 spiro atoms. The lowest BCUT2D eigenvalue weighted by molar-refractivity contribution is -0.127. The first-order valence-electron chi connectivity index (χ1n) is 8.31. The number of hydrogen-bond donors (Lipinski definition) is 2. The minimum atomic E-state index is 0.00706. The molecule has 1 fully saturated rings. The first-order valence-corrected chi connectivity index (χ1v) is 8.31. The maximum atomic E-state index is 11.7. The Morgan fingerprint density at radius 2 is 1.91 bits per heavy atom. The monoisotopic (exact) mass is 316 g/mol. The van der Waals surface area contributed by atoms with Gasteiger partial charge in [-0.05, 0) is 37.2 Å². The maximum absolute atomic E-state index is 11.7. The lowest BCUT2D eigenvalue weighted by Crippen LogP contribution is -2.41. The Kier molecular flexibility index (Phi) is 6.02. The van der Waals surface area contributed by atoms with Gasteiger partial charge in [0, 0.05) is 27.2 Å². The van der Waals surface area contributed by atoms with Gasteiger partial charge in [0.05, 0.1) is 0 Å². The minimum Gasteiger partial charge on any atom is -0.357 e. The van der Waals surface area contributed by atoms with Crippen molar-refractivity contribution >= 4 is 11.9 Å². The molecule has 1 aromatic carbocycles. The topological polar surface area (TPSA) is 56.7 Å². The van der Waals surface area contributed by atoms with Crippen molar-refractivity contribution in [1.82, 2.24) is 15.5 Å². The molecular weight excluding hydrogens is 288 g/mol. The molecule has 2 rings (SSSR count). The van der Waals surface area contributed by atoms with Crippen LogP contribution in [0.2, 0.25) is 0 Å². The predicted octanol–water partition coefficient (Wildman–Crippen LogP) is 1.65. The molecule has 0 aliphatic heterocycles. The van der Waals surface area contributed by atoms with Gasteiger partial charge in [-0.1, -0.05) is 30.3 Å². The second kappa shape index (κ2) is 7.99. The van der Waals surface area contributed by atoms with Crippen LogP contribution in [0.5, 0.6) is 0 Å². The van der Waals surface area contributed by atoms with Crippen molar-refractivity contribution in [2.45, 2.75) is 26.2 Å². The lowest BCUT2D eigenvalue weighted by atomic mass is 9.96. The van der Waals surface area contributed by atoms with E-state index in [2.05, 4.69) is 46.0 Å². The zero-order valence-corrected chi connectivity index (χ0v) is 14.4. The summed E-state index contributed by atoms with van der Waals surface area (Å²) in [6.07, 6.45) is 3.58. The van der Waals surface area contributed by atoms with Crippen LogP contribution in [0.3, 0.4) is 0 Å². The molecule has 0 bridgehead atoms. The van der Waals surface area contributed by atoms with Crippen molar-refractivity contribution in [3.8, 4) is 0 Å². The summed E-state index contributed by atoms with van der Waals surface area (Å²) in [5.74, 6) is 0.731. The van der Waals surface area contributed by atoms with Gasteiger partial charge < -0.3 is 15.5 Å². The molecule has 0 saturated heterocycles. The number of nitrogens with one attached hydrogen (secondary N) is 2. The zero-order chi connectivity index (χ0) is 16.7. The third-order valence-electron chi connectivity index (χ3n) is 4.23. The Morgan fingerprint density at radius 3 is 2.48 bits per heavy atom. The quantitative estimate of drug-likeness (QED) is 0.594. The van der Waals surface area contributed by atoms with Crippen molar-refractivity contribution < 1.29 is 4.79 Å². The standard InChI is InChI=1S/C18H28N4O/c1-4-19-17(20-13-16(23)22(2)3)21-14-18(10-11-18)12-15-8-6-5-7-9-15/h5-9H,4,10-14H2,1-3H3,(H2,19,20,21). The molecular formula is C18H28N4O. The van der Waals surface area contributed by atoms with Gasteiger partial charge in [0.15, 0.2) is 5.96 Å². The molecule has 1 aliphatic carbocycles. The molecule has 0 atom stereocenters. The molecule has 0 radical (unpaired) electrons. The summed E-state index contributed by atoms with van der Waals surface area (Å²) in [5, 5.41) is 6.62. The molecule has 23 heavy (non-hydrogen) atoms. The Bertz CT molecular complexity index is 535. The van der Waals surface area contributed by atoms with Gasteiger partial charge in [0.1, 0.15) is 6.54 Å². The zero-order valence-electron chi connectivity index (χ0n) is 14.4. The smallest absolute Gasteiger partial charge is 0.243 e. The first-order chi connectivity index (χ1) is 11.0. The van der Waals surface area contributed by atoms with Crippen LogP contribution in [0.15, 0.2) is 35.3 Å². The molecule has 1 aliphatic rings. The normalized spacial score (nSPS) is 15.9. The number of hydrogen-bond acceptors (Lipinski definition) is 2. The fourth-order valence-electron chi connectivity index (χ4n) is 2.52. The van der Waals surface area contributed by atoms with Crippen LogP contribution in [0.4, 0.5) is 0 Å². The highest BCUT2D eigenvalue weighted by Gasteiger charge is 2.42. The van der Waals surface area contributed by atoms with Gasteiger partial charge in [-0.2, -0.15) is 0 Å². The second-order valence-corrected chi connectivity index (χ2v) is 6.50. The van der Waals surface area contributed by atoms with E-state index in [0.717, 1.165) is 25.5 Å². The van der Waals surface area contributed by atoms with E-state index in [1.165, 1.54) is 18.4 Å². The summed E-state index contributed by atoms with van der Waals surface area (Å²) in [7, 11) is 3.49. The Hall–Kier alpha value is -2.04. The molecule has 126 valence electrons. The van der Waals surface area contributed by atoms with Crippen molar-refractivity contribution in [3.05, 3.63) is 35.9 Å². The van der Waals surface area contributed by atoms with Gasteiger partial charge in [0.25, 0.3) is 0 Å². The molecule has 0 unspecified atom stereocenters. The van der Waals surface area contributed by atoms with Gasteiger partial charge in [-0.3, -0.25) is 4.79 Å². The van der Waals surface area contributed by atoms with E-state index >= 15 is 0 Å². The van der Waals surface area contributed by atoms with Crippen LogP contribution >= 0.6 is 0 Å². The number of guanidine groups is 1. The molecule has 5 heteroatoms. The third-order valence-corrected chi connectivity index (χ3v) is 4.23. The summed E-state index contributed by atoms with van der Waals surface area (Å²) in [6.45, 7) is 3.88. The SMILES string of the molecule is CCNC(=NCC(=O)N(C)C)NCC1(Cc2ccccc2)CC1. The highest BCUT2D eigenvalue weighted by Crippen LogP contribution is 2.47. The summed E-state index contributed by atoms with van der Waals surface area (Å²) < 4.78 is 0. The highest BCUT2D eigenvalue weighted by molar-refractivity contribution is 5.84. The highest BCUT2D eigenvalue weighted by atomic mass is 16.2. The van der Waals surface area contributed by atoms with Gasteiger partial charge in [-0.25, -0.2) is 4.99 Å². The Labute approximate surface area is 139 Å². The number of aliphatic imine (C=N–C) groups is 1. The van der Waals surface area contributed by atoms with E-state index in [1.807, 2.05) is 6.92 Å². The molecule has 1 amide bonds. The van der Waals surface area contributed by atoms with E-state index in [1.54, 1.807) is 19.0 Å². The predicted molar refractivity (Wildman–Crippen MR) is 94.5 cm³/mol. The molecule has 1 aromatic rings. The second-order valence-electron chi connectivity index (χ2n) is 6.50. The van der Waals surface area contributed by atoms with Crippen LogP contribution in [-0.2, 0) is 11.2 Å². The first kappa shape index (κ1) is 17.3. The minimum absolute atomic E-state index is 0.00706. The average molecular weight is 316 g/mol. The fourth-order valence-corrected chi connectivity index (χ4v) is 2.52. The third kappa shape index (κ3) is 5.58. The van der Waals surface area contributed by atoms with Crippen LogP contribution in [0.25, 0.3) is 0 Å². The molecule has 0 aromatic heterocycles. The molecule has 1 saturated carbocycles. The number of benzene rings is 1. The lowest BCUT2D eigenvalue weighted by Gasteiger charge is -2.19. The largest absolute Gasteiger partial charge is 0.357 e. The van der Waals surface area contributed by atoms with E-state index in [0.29, 0.717) is 5.41 Å². The van der Waals surface area contributed by atoms with E-state index < -0.39 is 0 Å².